The van der Waals surface area contributed by atoms with Crippen LogP contribution < -0.4 is 15.0 Å². The smallest absolute Gasteiger partial charge is 0.248 e. The van der Waals surface area contributed by atoms with Crippen LogP contribution in [0.25, 0.3) is 17.0 Å². The van der Waals surface area contributed by atoms with E-state index in [2.05, 4.69) is 25.2 Å². The summed E-state index contributed by atoms with van der Waals surface area (Å²) in [6.45, 7) is 1.77. The van der Waals surface area contributed by atoms with Gasteiger partial charge in [-0.25, -0.2) is 23.7 Å². The average molecular weight is 530 g/mol. The van der Waals surface area contributed by atoms with E-state index in [1.165, 1.54) is 23.9 Å². The fourth-order valence-corrected chi connectivity index (χ4v) is 4.40. The van der Waals surface area contributed by atoms with Gasteiger partial charge in [-0.15, -0.1) is 0 Å². The number of ether oxygens (including phenoxy) is 1. The molecule has 0 saturated carbocycles. The molecule has 0 radical (unpaired) electrons. The third-order valence-corrected chi connectivity index (χ3v) is 6.36. The highest BCUT2D eigenvalue weighted by Gasteiger charge is 2.22. The van der Waals surface area contributed by atoms with E-state index in [0.717, 1.165) is 18.0 Å². The van der Waals surface area contributed by atoms with Gasteiger partial charge in [-0.3, -0.25) is 9.20 Å². The molecule has 1 saturated heterocycles. The Kier molecular flexibility index (Phi) is 6.76. The number of hydrogen-bond donors (Lipinski definition) is 2. The summed E-state index contributed by atoms with van der Waals surface area (Å²) in [7, 11) is 1.54. The Morgan fingerprint density at radius 3 is 2.68 bits per heavy atom. The quantitative estimate of drug-likeness (QED) is 0.392. The maximum atomic E-state index is 14.1. The number of carbonyl (C=O) groups excluding carboxylic acids is 1. The second-order valence-corrected chi connectivity index (χ2v) is 8.68. The lowest BCUT2D eigenvalue weighted by Gasteiger charge is -2.36. The number of nitrogens with zero attached hydrogens (tertiary/aromatic N) is 6. The summed E-state index contributed by atoms with van der Waals surface area (Å²) in [5, 5.41) is 12.3. The van der Waals surface area contributed by atoms with Crippen molar-refractivity contribution in [1.82, 2.24) is 24.3 Å². The number of aromatic nitrogens is 4. The molecule has 1 aliphatic rings. The number of carbonyl (C=O) groups is 1. The number of hydrogen-bond acceptors (Lipinski definition) is 8. The van der Waals surface area contributed by atoms with Gasteiger partial charge in [0.2, 0.25) is 11.9 Å². The minimum absolute atomic E-state index is 0.0561. The molecule has 2 N–H and O–H groups in total. The van der Waals surface area contributed by atoms with Crippen molar-refractivity contribution < 1.29 is 23.4 Å². The molecule has 192 valence electrons. The Hall–Kier alpha value is -4.03. The van der Waals surface area contributed by atoms with E-state index in [-0.39, 0.29) is 28.2 Å². The molecule has 1 aromatic carbocycles. The first-order valence-corrected chi connectivity index (χ1v) is 11.7. The number of anilines is 3. The lowest BCUT2D eigenvalue weighted by atomic mass is 10.2. The standard InChI is InChI=1S/C24H22ClF2N7O3/c1-37-20-9-15(32-4-6-33(7-5-32)21(36)13-35)2-3-18(20)30-24-29-10-16(25)22(31-24)19-11-28-23-17(27)8-14(26)12-34(19)23/h2-3,8-12,35H,4-7,13H2,1H3,(H,29,30,31). The molecule has 10 nitrogen and oxygen atoms in total. The molecule has 4 heterocycles. The molecule has 0 spiro atoms. The number of methoxy groups -OCH3 is 1. The normalized spacial score (nSPS) is 13.8. The van der Waals surface area contributed by atoms with Crippen molar-refractivity contribution in [3.05, 3.63) is 59.5 Å². The summed E-state index contributed by atoms with van der Waals surface area (Å²) in [5.41, 5.74) is 1.97. The molecule has 1 aliphatic heterocycles. The molecule has 0 bridgehead atoms. The molecule has 0 aliphatic carbocycles. The van der Waals surface area contributed by atoms with Gasteiger partial charge in [0.25, 0.3) is 0 Å². The highest BCUT2D eigenvalue weighted by atomic mass is 35.5. The summed E-state index contributed by atoms with van der Waals surface area (Å²) < 4.78 is 34.8. The molecule has 1 fully saturated rings. The minimum Gasteiger partial charge on any atom is -0.494 e. The number of pyridine rings is 1. The van der Waals surface area contributed by atoms with Crippen molar-refractivity contribution >= 4 is 40.5 Å². The molecule has 3 aromatic heterocycles. The lowest BCUT2D eigenvalue weighted by molar-refractivity contribution is -0.134. The SMILES string of the molecule is COc1cc(N2CCN(C(=O)CO)CC2)ccc1Nc1ncc(Cl)c(-c2cnc3c(F)cc(F)cn23)n1. The van der Waals surface area contributed by atoms with E-state index in [9.17, 15) is 13.6 Å². The van der Waals surface area contributed by atoms with Crippen molar-refractivity contribution in [1.29, 1.82) is 0 Å². The van der Waals surface area contributed by atoms with Gasteiger partial charge in [0.15, 0.2) is 11.5 Å². The van der Waals surface area contributed by atoms with Gasteiger partial charge < -0.3 is 25.0 Å². The number of piperazine rings is 1. The Morgan fingerprint density at radius 2 is 1.95 bits per heavy atom. The molecular weight excluding hydrogens is 508 g/mol. The number of amides is 1. The van der Waals surface area contributed by atoms with E-state index in [4.69, 9.17) is 21.4 Å². The number of benzene rings is 1. The van der Waals surface area contributed by atoms with E-state index in [0.29, 0.717) is 43.3 Å². The lowest BCUT2D eigenvalue weighted by Crippen LogP contribution is -2.49. The zero-order valence-electron chi connectivity index (χ0n) is 19.7. The Bertz CT molecular complexity index is 1470. The summed E-state index contributed by atoms with van der Waals surface area (Å²) in [4.78, 5) is 28.2. The van der Waals surface area contributed by atoms with Crippen LogP contribution in [0.3, 0.4) is 0 Å². The van der Waals surface area contributed by atoms with Gasteiger partial charge in [-0.05, 0) is 12.1 Å². The number of fused-ring (bicyclic) bond motifs is 1. The van der Waals surface area contributed by atoms with Crippen LogP contribution in [-0.2, 0) is 4.79 Å². The maximum absolute atomic E-state index is 14.1. The molecule has 5 rings (SSSR count). The molecule has 1 amide bonds. The van der Waals surface area contributed by atoms with E-state index >= 15 is 0 Å². The van der Waals surface area contributed by atoms with Gasteiger partial charge in [0.1, 0.15) is 23.9 Å². The largest absolute Gasteiger partial charge is 0.494 e. The highest BCUT2D eigenvalue weighted by molar-refractivity contribution is 6.32. The summed E-state index contributed by atoms with van der Waals surface area (Å²) in [6.07, 6.45) is 3.85. The van der Waals surface area contributed by atoms with Crippen LogP contribution in [0.4, 0.5) is 26.1 Å². The van der Waals surface area contributed by atoms with Crippen LogP contribution in [0, 0.1) is 11.6 Å². The first kappa shape index (κ1) is 24.7. The van der Waals surface area contributed by atoms with Crippen LogP contribution in [0.2, 0.25) is 5.02 Å². The fraction of sp³-hybridized carbons (Fsp3) is 0.250. The van der Waals surface area contributed by atoms with Gasteiger partial charge >= 0.3 is 0 Å². The van der Waals surface area contributed by atoms with Gasteiger partial charge in [-0.2, -0.15) is 0 Å². The first-order valence-electron chi connectivity index (χ1n) is 11.3. The zero-order valence-corrected chi connectivity index (χ0v) is 20.4. The van der Waals surface area contributed by atoms with Gasteiger partial charge in [0.05, 0.1) is 35.9 Å². The molecule has 4 aromatic rings. The average Bonchev–Trinajstić information content (AvgIpc) is 3.33. The van der Waals surface area contributed by atoms with Crippen LogP contribution in [-0.4, -0.2) is 75.2 Å². The molecule has 0 unspecified atom stereocenters. The van der Waals surface area contributed by atoms with E-state index in [1.807, 2.05) is 18.2 Å². The van der Waals surface area contributed by atoms with Crippen LogP contribution in [0.15, 0.2) is 42.9 Å². The number of rotatable bonds is 6. The second kappa shape index (κ2) is 10.1. The predicted octanol–water partition coefficient (Wildman–Crippen LogP) is 3.12. The van der Waals surface area contributed by atoms with Crippen LogP contribution in [0.1, 0.15) is 0 Å². The van der Waals surface area contributed by atoms with E-state index in [1.54, 1.807) is 4.90 Å². The molecule has 0 atom stereocenters. The minimum atomic E-state index is -0.805. The summed E-state index contributed by atoms with van der Waals surface area (Å²) in [6, 6.07) is 6.33. The zero-order chi connectivity index (χ0) is 26.1. The number of halogens is 3. The number of aliphatic hydroxyl groups excluding tert-OH is 1. The van der Waals surface area contributed by atoms with Crippen molar-refractivity contribution in [2.75, 3.05) is 50.1 Å². The number of imidazole rings is 1. The fourth-order valence-electron chi connectivity index (χ4n) is 4.21. The Balaban J connectivity index is 1.39. The summed E-state index contributed by atoms with van der Waals surface area (Å²) in [5.74, 6) is -1.13. The second-order valence-electron chi connectivity index (χ2n) is 8.27. The molecular formula is C24H22ClF2N7O3. The van der Waals surface area contributed by atoms with E-state index < -0.39 is 18.2 Å². The van der Waals surface area contributed by atoms with Crippen molar-refractivity contribution in [2.45, 2.75) is 0 Å². The van der Waals surface area contributed by atoms with Crippen molar-refractivity contribution in [2.24, 2.45) is 0 Å². The predicted molar refractivity (Wildman–Crippen MR) is 133 cm³/mol. The van der Waals surface area contributed by atoms with Crippen molar-refractivity contribution in [3.8, 4) is 17.1 Å². The van der Waals surface area contributed by atoms with Gasteiger partial charge in [0, 0.05) is 50.2 Å². The Labute approximate surface area is 215 Å². The first-order chi connectivity index (χ1) is 17.9. The third kappa shape index (κ3) is 4.85. The maximum Gasteiger partial charge on any atom is 0.248 e. The highest BCUT2D eigenvalue weighted by Crippen LogP contribution is 2.33. The molecule has 13 heteroatoms. The van der Waals surface area contributed by atoms with Crippen LogP contribution in [0.5, 0.6) is 5.75 Å². The number of nitrogens with one attached hydrogen (secondary N) is 1. The van der Waals surface area contributed by atoms with Crippen LogP contribution >= 0.6 is 11.6 Å². The Morgan fingerprint density at radius 1 is 1.16 bits per heavy atom. The third-order valence-electron chi connectivity index (χ3n) is 6.08. The topological polar surface area (TPSA) is 108 Å². The molecule has 37 heavy (non-hydrogen) atoms. The number of aliphatic hydroxyl groups is 1. The monoisotopic (exact) mass is 529 g/mol. The van der Waals surface area contributed by atoms with Gasteiger partial charge in [-0.1, -0.05) is 11.6 Å². The van der Waals surface area contributed by atoms with Crippen molar-refractivity contribution in [3.63, 3.8) is 0 Å². The summed E-state index contributed by atoms with van der Waals surface area (Å²) >= 11 is 6.33.